The fourth-order valence-electron chi connectivity index (χ4n) is 2.91. The van der Waals surface area contributed by atoms with Crippen LogP contribution in [0.5, 0.6) is 0 Å². The topological polar surface area (TPSA) is 50.5 Å². The van der Waals surface area contributed by atoms with Gasteiger partial charge in [-0.15, -0.1) is 0 Å². The number of aliphatic hydroxyl groups is 1. The van der Waals surface area contributed by atoms with E-state index in [-0.39, 0.29) is 6.10 Å². The summed E-state index contributed by atoms with van der Waals surface area (Å²) in [7, 11) is 5.73. The first kappa shape index (κ1) is 15.8. The Labute approximate surface area is 125 Å². The fraction of sp³-hybridized carbons (Fsp3) is 0.786. The van der Waals surface area contributed by atoms with E-state index in [1.165, 1.54) is 0 Å². The lowest BCUT2D eigenvalue weighted by atomic mass is 9.80. The Morgan fingerprint density at radius 3 is 3.00 bits per heavy atom. The van der Waals surface area contributed by atoms with E-state index in [2.05, 4.69) is 10.00 Å². The molecule has 1 aromatic rings. The molecule has 1 fully saturated rings. The minimum atomic E-state index is -0.932. The summed E-state index contributed by atoms with van der Waals surface area (Å²) < 4.78 is 7.26. The Hall–Kier alpha value is -0.620. The van der Waals surface area contributed by atoms with E-state index in [1.807, 2.05) is 18.8 Å². The third-order valence-electron chi connectivity index (χ3n) is 4.01. The Bertz CT molecular complexity index is 450. The van der Waals surface area contributed by atoms with Crippen LogP contribution < -0.4 is 0 Å². The first-order valence-electron chi connectivity index (χ1n) is 7.08. The normalized spacial score (nSPS) is 27.2. The monoisotopic (exact) mass is 301 g/mol. The second-order valence-electron chi connectivity index (χ2n) is 5.85. The molecule has 6 heteroatoms. The highest BCUT2D eigenvalue weighted by atomic mass is 35.5. The average Bonchev–Trinajstić information content (AvgIpc) is 2.78. The summed E-state index contributed by atoms with van der Waals surface area (Å²) >= 11 is 6.28. The lowest BCUT2D eigenvalue weighted by Gasteiger charge is -2.36. The highest BCUT2D eigenvalue weighted by molar-refractivity contribution is 6.31. The number of methoxy groups -OCH3 is 1. The Balaban J connectivity index is 2.23. The molecule has 0 spiro atoms. The van der Waals surface area contributed by atoms with Crippen LogP contribution in [0.2, 0.25) is 5.02 Å². The van der Waals surface area contributed by atoms with Crippen molar-refractivity contribution in [3.8, 4) is 0 Å². The third kappa shape index (κ3) is 3.34. The number of hydrogen-bond donors (Lipinski definition) is 1. The van der Waals surface area contributed by atoms with Gasteiger partial charge in [0.05, 0.1) is 29.6 Å². The zero-order valence-corrected chi connectivity index (χ0v) is 13.2. The third-order valence-corrected chi connectivity index (χ3v) is 4.29. The molecule has 0 bridgehead atoms. The Kier molecular flexibility index (Phi) is 5.07. The second kappa shape index (κ2) is 6.43. The average molecular weight is 302 g/mol. The van der Waals surface area contributed by atoms with Gasteiger partial charge in [-0.2, -0.15) is 5.10 Å². The second-order valence-corrected chi connectivity index (χ2v) is 6.26. The van der Waals surface area contributed by atoms with Gasteiger partial charge in [0.15, 0.2) is 0 Å². The number of rotatable bonds is 5. The van der Waals surface area contributed by atoms with Crippen LogP contribution in [0.15, 0.2) is 6.20 Å². The number of aromatic nitrogens is 2. The first-order chi connectivity index (χ1) is 9.46. The molecule has 0 amide bonds. The molecule has 1 saturated carbocycles. The molecule has 0 saturated heterocycles. The zero-order valence-electron chi connectivity index (χ0n) is 12.5. The predicted molar refractivity (Wildman–Crippen MR) is 79.0 cm³/mol. The maximum Gasteiger partial charge on any atom is 0.110 e. The van der Waals surface area contributed by atoms with Crippen molar-refractivity contribution in [3.63, 3.8) is 0 Å². The van der Waals surface area contributed by atoms with Crippen LogP contribution in [0.25, 0.3) is 0 Å². The summed E-state index contributed by atoms with van der Waals surface area (Å²) in [4.78, 5) is 2.09. The molecule has 5 nitrogen and oxygen atoms in total. The lowest BCUT2D eigenvalue weighted by molar-refractivity contribution is -0.0682. The van der Waals surface area contributed by atoms with Gasteiger partial charge in [-0.25, -0.2) is 0 Å². The molecule has 1 heterocycles. The van der Waals surface area contributed by atoms with Crippen LogP contribution in [0.3, 0.4) is 0 Å². The molecular formula is C14H24ClN3O2. The fourth-order valence-corrected chi connectivity index (χ4v) is 3.23. The Morgan fingerprint density at radius 1 is 1.60 bits per heavy atom. The van der Waals surface area contributed by atoms with E-state index >= 15 is 0 Å². The minimum Gasteiger partial charge on any atom is -0.383 e. The van der Waals surface area contributed by atoms with E-state index in [1.54, 1.807) is 13.3 Å². The molecule has 2 rings (SSSR count). The van der Waals surface area contributed by atoms with Gasteiger partial charge in [0.2, 0.25) is 0 Å². The smallest absolute Gasteiger partial charge is 0.110 e. The lowest BCUT2D eigenvalue weighted by Crippen LogP contribution is -2.38. The van der Waals surface area contributed by atoms with Gasteiger partial charge in [0.1, 0.15) is 5.60 Å². The van der Waals surface area contributed by atoms with E-state index < -0.39 is 5.60 Å². The largest absolute Gasteiger partial charge is 0.383 e. The van der Waals surface area contributed by atoms with Crippen molar-refractivity contribution in [1.82, 2.24) is 14.7 Å². The number of nitrogens with zero attached hydrogens (tertiary/aromatic N) is 3. The maximum atomic E-state index is 11.0. The van der Waals surface area contributed by atoms with Crippen LogP contribution in [0, 0.1) is 0 Å². The molecule has 0 radical (unpaired) electrons. The van der Waals surface area contributed by atoms with Gasteiger partial charge >= 0.3 is 0 Å². The van der Waals surface area contributed by atoms with Crippen LogP contribution >= 0.6 is 11.6 Å². The van der Waals surface area contributed by atoms with E-state index in [0.29, 0.717) is 17.9 Å². The molecule has 2 atom stereocenters. The highest BCUT2D eigenvalue weighted by Crippen LogP contribution is 2.40. The van der Waals surface area contributed by atoms with Crippen LogP contribution in [-0.4, -0.2) is 53.6 Å². The van der Waals surface area contributed by atoms with Crippen molar-refractivity contribution in [3.05, 3.63) is 16.9 Å². The van der Waals surface area contributed by atoms with Crippen molar-refractivity contribution in [2.45, 2.75) is 43.9 Å². The first-order valence-corrected chi connectivity index (χ1v) is 7.46. The van der Waals surface area contributed by atoms with Crippen molar-refractivity contribution >= 4 is 11.6 Å². The molecule has 1 aliphatic rings. The van der Waals surface area contributed by atoms with Crippen LogP contribution in [0.4, 0.5) is 0 Å². The molecule has 114 valence electrons. The van der Waals surface area contributed by atoms with Crippen LogP contribution in [-0.2, 0) is 16.9 Å². The quantitative estimate of drug-likeness (QED) is 0.902. The van der Waals surface area contributed by atoms with Gasteiger partial charge in [-0.05, 0) is 33.4 Å². The van der Waals surface area contributed by atoms with Crippen molar-refractivity contribution in [1.29, 1.82) is 0 Å². The molecule has 0 aromatic carbocycles. The SMILES string of the molecule is COC1CCCC(O)(c2c(Cl)cnn2CCN(C)C)C1. The molecule has 1 aliphatic carbocycles. The molecule has 1 N–H and O–H groups in total. The molecule has 1 aromatic heterocycles. The standard InChI is InChI=1S/C14H24ClN3O2/c1-17(2)7-8-18-13(12(15)10-16-18)14(19)6-4-5-11(9-14)20-3/h10-11,19H,4-9H2,1-3H3. The van der Waals surface area contributed by atoms with E-state index in [0.717, 1.165) is 31.6 Å². The summed E-state index contributed by atoms with van der Waals surface area (Å²) in [5, 5.41) is 15.9. The summed E-state index contributed by atoms with van der Waals surface area (Å²) in [5.74, 6) is 0. The zero-order chi connectivity index (χ0) is 14.8. The van der Waals surface area contributed by atoms with Gasteiger partial charge in [0.25, 0.3) is 0 Å². The molecule has 2 unspecified atom stereocenters. The Morgan fingerprint density at radius 2 is 2.35 bits per heavy atom. The molecular weight excluding hydrogens is 278 g/mol. The minimum absolute atomic E-state index is 0.0852. The summed E-state index contributed by atoms with van der Waals surface area (Å²) in [5.41, 5.74) is -0.193. The van der Waals surface area contributed by atoms with Gasteiger partial charge in [-0.1, -0.05) is 11.6 Å². The van der Waals surface area contributed by atoms with Gasteiger partial charge in [-0.3, -0.25) is 4.68 Å². The van der Waals surface area contributed by atoms with Gasteiger partial charge in [0, 0.05) is 20.1 Å². The van der Waals surface area contributed by atoms with Crippen molar-refractivity contribution in [2.24, 2.45) is 0 Å². The number of hydrogen-bond acceptors (Lipinski definition) is 4. The predicted octanol–water partition coefficient (Wildman–Crippen LogP) is 1.87. The number of likely N-dealkylation sites (N-methyl/N-ethyl adjacent to an activating group) is 1. The number of ether oxygens (including phenoxy) is 1. The van der Waals surface area contributed by atoms with E-state index in [4.69, 9.17) is 16.3 Å². The van der Waals surface area contributed by atoms with Crippen LogP contribution in [0.1, 0.15) is 31.4 Å². The molecule has 0 aliphatic heterocycles. The van der Waals surface area contributed by atoms with Crippen molar-refractivity contribution in [2.75, 3.05) is 27.7 Å². The molecule has 20 heavy (non-hydrogen) atoms. The van der Waals surface area contributed by atoms with Crippen molar-refractivity contribution < 1.29 is 9.84 Å². The number of halogens is 1. The highest BCUT2D eigenvalue weighted by Gasteiger charge is 2.40. The van der Waals surface area contributed by atoms with E-state index in [9.17, 15) is 5.11 Å². The van der Waals surface area contributed by atoms with Gasteiger partial charge < -0.3 is 14.7 Å². The maximum absolute atomic E-state index is 11.0. The summed E-state index contributed by atoms with van der Waals surface area (Å²) in [6.45, 7) is 1.57. The summed E-state index contributed by atoms with van der Waals surface area (Å²) in [6.07, 6.45) is 4.92. The summed E-state index contributed by atoms with van der Waals surface area (Å²) in [6, 6.07) is 0.